The lowest BCUT2D eigenvalue weighted by molar-refractivity contribution is -0.0797. The Kier molecular flexibility index (Phi) is 13.7. The molecule has 0 aromatic heterocycles. The van der Waals surface area contributed by atoms with Crippen LogP contribution in [-0.2, 0) is 18.9 Å². The first-order valence-corrected chi connectivity index (χ1v) is 10.4. The molecule has 1 saturated carbocycles. The normalized spacial score (nSPS) is 29.8. The number of rotatable bonds is 0. The van der Waals surface area contributed by atoms with Gasteiger partial charge in [0.1, 0.15) is 0 Å². The first-order valence-electron chi connectivity index (χ1n) is 10.4. The number of hydrogen-bond acceptors (Lipinski definition) is 4. The smallest absolute Gasteiger partial charge is 0.0781 e. The SMILES string of the molecule is CC1CCC1.CC1CCOCC1.C[C@@H]1CCOC1.C[C@@H]1COCCO1. The predicted octanol–water partition coefficient (Wildman–Crippen LogP) is 4.70. The first-order chi connectivity index (χ1) is 12.1. The highest BCUT2D eigenvalue weighted by Gasteiger charge is 2.09. The molecule has 0 spiro atoms. The van der Waals surface area contributed by atoms with Crippen LogP contribution in [0.3, 0.4) is 0 Å². The summed E-state index contributed by atoms with van der Waals surface area (Å²) in [5.74, 6) is 2.80. The Morgan fingerprint density at radius 2 is 1.08 bits per heavy atom. The molecule has 3 aliphatic heterocycles. The zero-order valence-electron chi connectivity index (χ0n) is 17.1. The van der Waals surface area contributed by atoms with Crippen molar-refractivity contribution >= 4 is 0 Å². The lowest BCUT2D eigenvalue weighted by atomic mass is 9.88. The zero-order chi connectivity index (χ0) is 18.3. The molecule has 1 aliphatic carbocycles. The van der Waals surface area contributed by atoms with Gasteiger partial charge >= 0.3 is 0 Å². The van der Waals surface area contributed by atoms with E-state index in [0.717, 1.165) is 64.0 Å². The fourth-order valence-corrected chi connectivity index (χ4v) is 2.69. The van der Waals surface area contributed by atoms with Crippen LogP contribution in [0.25, 0.3) is 0 Å². The van der Waals surface area contributed by atoms with Gasteiger partial charge in [-0.1, -0.05) is 40.0 Å². The fourth-order valence-electron chi connectivity index (χ4n) is 2.69. The minimum Gasteiger partial charge on any atom is -0.381 e. The van der Waals surface area contributed by atoms with Crippen LogP contribution in [0.5, 0.6) is 0 Å². The summed E-state index contributed by atoms with van der Waals surface area (Å²) in [7, 11) is 0. The zero-order valence-corrected chi connectivity index (χ0v) is 17.1. The highest BCUT2D eigenvalue weighted by atomic mass is 16.6. The van der Waals surface area contributed by atoms with Gasteiger partial charge in [0.25, 0.3) is 0 Å². The topological polar surface area (TPSA) is 36.9 Å². The summed E-state index contributed by atoms with van der Waals surface area (Å²) in [5.41, 5.74) is 0. The van der Waals surface area contributed by atoms with Gasteiger partial charge in [-0.2, -0.15) is 0 Å². The van der Waals surface area contributed by atoms with E-state index in [4.69, 9.17) is 18.9 Å². The molecule has 2 atom stereocenters. The molecule has 0 aromatic carbocycles. The van der Waals surface area contributed by atoms with E-state index in [2.05, 4.69) is 20.8 Å². The minimum atomic E-state index is 0.314. The summed E-state index contributed by atoms with van der Waals surface area (Å²) < 4.78 is 20.4. The molecule has 0 N–H and O–H groups in total. The molecule has 4 fully saturated rings. The van der Waals surface area contributed by atoms with Crippen molar-refractivity contribution in [3.8, 4) is 0 Å². The third kappa shape index (κ3) is 13.7. The Bertz CT molecular complexity index is 260. The molecule has 3 heterocycles. The predicted molar refractivity (Wildman–Crippen MR) is 103 cm³/mol. The van der Waals surface area contributed by atoms with E-state index < -0.39 is 0 Å². The largest absolute Gasteiger partial charge is 0.381 e. The molecule has 3 saturated heterocycles. The molecule has 4 heteroatoms. The maximum atomic E-state index is 5.15. The van der Waals surface area contributed by atoms with Crippen molar-refractivity contribution in [1.82, 2.24) is 0 Å². The van der Waals surface area contributed by atoms with Crippen molar-refractivity contribution in [3.63, 3.8) is 0 Å². The fraction of sp³-hybridized carbons (Fsp3) is 1.00. The molecule has 0 unspecified atom stereocenters. The molecular weight excluding hydrogens is 316 g/mol. The van der Waals surface area contributed by atoms with Crippen LogP contribution in [0.2, 0.25) is 0 Å². The van der Waals surface area contributed by atoms with Crippen LogP contribution in [0, 0.1) is 17.8 Å². The van der Waals surface area contributed by atoms with E-state index in [-0.39, 0.29) is 0 Å². The Labute approximate surface area is 155 Å². The van der Waals surface area contributed by atoms with Crippen LogP contribution >= 0.6 is 0 Å². The van der Waals surface area contributed by atoms with Gasteiger partial charge in [-0.15, -0.1) is 0 Å². The second-order valence-corrected chi connectivity index (χ2v) is 8.06. The lowest BCUT2D eigenvalue weighted by Crippen LogP contribution is -2.25. The number of ether oxygens (including phenoxy) is 4. The monoisotopic (exact) mass is 358 g/mol. The summed E-state index contributed by atoms with van der Waals surface area (Å²) in [5, 5.41) is 0. The van der Waals surface area contributed by atoms with Gasteiger partial charge in [-0.3, -0.25) is 0 Å². The lowest BCUT2D eigenvalue weighted by Gasteiger charge is -2.18. The molecule has 0 bridgehead atoms. The van der Waals surface area contributed by atoms with E-state index in [0.29, 0.717) is 6.10 Å². The summed E-state index contributed by atoms with van der Waals surface area (Å²) in [6.45, 7) is 15.1. The minimum absolute atomic E-state index is 0.314. The highest BCUT2D eigenvalue weighted by molar-refractivity contribution is 4.62. The van der Waals surface area contributed by atoms with Gasteiger partial charge in [-0.25, -0.2) is 0 Å². The average molecular weight is 359 g/mol. The molecule has 0 radical (unpaired) electrons. The Morgan fingerprint density at radius 3 is 1.28 bits per heavy atom. The van der Waals surface area contributed by atoms with Crippen molar-refractivity contribution in [2.24, 2.45) is 17.8 Å². The van der Waals surface area contributed by atoms with E-state index in [1.807, 2.05) is 6.92 Å². The molecule has 150 valence electrons. The van der Waals surface area contributed by atoms with E-state index in [1.54, 1.807) is 0 Å². The average Bonchev–Trinajstić information content (AvgIpc) is 3.07. The van der Waals surface area contributed by atoms with Crippen molar-refractivity contribution < 1.29 is 18.9 Å². The molecule has 25 heavy (non-hydrogen) atoms. The van der Waals surface area contributed by atoms with E-state index >= 15 is 0 Å². The maximum absolute atomic E-state index is 5.15. The van der Waals surface area contributed by atoms with Crippen molar-refractivity contribution in [1.29, 1.82) is 0 Å². The molecule has 4 nitrogen and oxygen atoms in total. The summed E-state index contributed by atoms with van der Waals surface area (Å²) in [6.07, 6.45) is 8.56. The van der Waals surface area contributed by atoms with Gasteiger partial charge in [0, 0.05) is 26.4 Å². The summed E-state index contributed by atoms with van der Waals surface area (Å²) in [4.78, 5) is 0. The van der Waals surface area contributed by atoms with Gasteiger partial charge in [0.05, 0.1) is 25.9 Å². The van der Waals surface area contributed by atoms with Gasteiger partial charge in [0.2, 0.25) is 0 Å². The standard InChI is InChI=1S/C6H12O.C5H10O2.C5H10O.C5H10/c1-6-2-4-7-5-3-6;1-5-4-6-2-3-7-5;1-5-2-3-6-4-5;1-5-3-2-4-5/h6H,2-5H2,1H3;5H,2-4H2,1H3;5H,2-4H2,1H3;5H,2-4H2,1H3/t;2*5-;/m.11./s1. The summed E-state index contributed by atoms with van der Waals surface area (Å²) >= 11 is 0. The van der Waals surface area contributed by atoms with Gasteiger partial charge in [0.15, 0.2) is 0 Å². The first kappa shape index (κ1) is 22.9. The highest BCUT2D eigenvalue weighted by Crippen LogP contribution is 2.24. The third-order valence-electron chi connectivity index (χ3n) is 5.04. The second-order valence-electron chi connectivity index (χ2n) is 8.06. The van der Waals surface area contributed by atoms with Crippen LogP contribution < -0.4 is 0 Å². The van der Waals surface area contributed by atoms with Crippen molar-refractivity contribution in [2.45, 2.75) is 72.3 Å². The van der Waals surface area contributed by atoms with E-state index in [1.165, 1.54) is 38.5 Å². The van der Waals surface area contributed by atoms with Crippen LogP contribution in [0.4, 0.5) is 0 Å². The maximum Gasteiger partial charge on any atom is 0.0781 e. The Morgan fingerprint density at radius 1 is 0.520 bits per heavy atom. The molecule has 0 amide bonds. The van der Waals surface area contributed by atoms with E-state index in [9.17, 15) is 0 Å². The van der Waals surface area contributed by atoms with Gasteiger partial charge < -0.3 is 18.9 Å². The van der Waals surface area contributed by atoms with Crippen LogP contribution in [-0.4, -0.2) is 52.4 Å². The third-order valence-corrected chi connectivity index (χ3v) is 5.04. The van der Waals surface area contributed by atoms with Crippen molar-refractivity contribution in [2.75, 3.05) is 46.2 Å². The van der Waals surface area contributed by atoms with Gasteiger partial charge in [-0.05, 0) is 43.9 Å². The second kappa shape index (κ2) is 15.0. The van der Waals surface area contributed by atoms with Crippen LogP contribution in [0.15, 0.2) is 0 Å². The molecule has 0 aromatic rings. The quantitative estimate of drug-likeness (QED) is 0.629. The molecule has 4 rings (SSSR count). The Balaban J connectivity index is 0.000000168. The van der Waals surface area contributed by atoms with Crippen molar-refractivity contribution in [3.05, 3.63) is 0 Å². The summed E-state index contributed by atoms with van der Waals surface area (Å²) in [6, 6.07) is 0. The Hall–Kier alpha value is -0.160. The van der Waals surface area contributed by atoms with Crippen LogP contribution in [0.1, 0.15) is 66.2 Å². The molecular formula is C21H42O4. The molecule has 4 aliphatic rings. The number of hydrogen-bond donors (Lipinski definition) is 0.